The highest BCUT2D eigenvalue weighted by atomic mass is 127. The Morgan fingerprint density at radius 1 is 1.44 bits per heavy atom. The number of benzene rings is 1. The average Bonchev–Trinajstić information content (AvgIpc) is 2.60. The third-order valence-corrected chi connectivity index (χ3v) is 4.78. The molecule has 0 radical (unpaired) electrons. The second kappa shape index (κ2) is 12.6. The molecule has 0 saturated carbocycles. The van der Waals surface area contributed by atoms with Gasteiger partial charge in [-0.1, -0.05) is 0 Å². The normalized spacial score (nSPS) is 18.8. The highest BCUT2D eigenvalue weighted by Gasteiger charge is 2.15. The quantitative estimate of drug-likeness (QED) is 0.316. The van der Waals surface area contributed by atoms with Gasteiger partial charge in [0.05, 0.1) is 6.54 Å². The number of ether oxygens (including phenoxy) is 1. The van der Waals surface area contributed by atoms with Gasteiger partial charge in [-0.05, 0) is 49.8 Å². The Labute approximate surface area is 170 Å². The van der Waals surface area contributed by atoms with Crippen molar-refractivity contribution in [2.24, 2.45) is 4.99 Å². The molecule has 0 aliphatic carbocycles. The van der Waals surface area contributed by atoms with Crippen LogP contribution in [0.1, 0.15) is 19.8 Å². The Bertz CT molecular complexity index is 513. The Kier molecular flexibility index (Phi) is 11.2. The predicted octanol–water partition coefficient (Wildman–Crippen LogP) is 2.63. The van der Waals surface area contributed by atoms with E-state index in [1.807, 2.05) is 18.7 Å². The molecule has 1 aliphatic heterocycles. The Hall–Kier alpha value is -0.740. The fourth-order valence-electron chi connectivity index (χ4n) is 2.34. The Morgan fingerprint density at radius 3 is 2.84 bits per heavy atom. The van der Waals surface area contributed by atoms with Gasteiger partial charge in [-0.25, -0.2) is 4.39 Å². The van der Waals surface area contributed by atoms with Crippen molar-refractivity contribution in [1.82, 2.24) is 10.6 Å². The van der Waals surface area contributed by atoms with Crippen molar-refractivity contribution in [1.29, 1.82) is 0 Å². The highest BCUT2D eigenvalue weighted by molar-refractivity contribution is 14.0. The van der Waals surface area contributed by atoms with Crippen LogP contribution in [0.3, 0.4) is 0 Å². The van der Waals surface area contributed by atoms with Gasteiger partial charge in [-0.2, -0.15) is 11.8 Å². The summed E-state index contributed by atoms with van der Waals surface area (Å²) < 4.78 is 18.3. The monoisotopic (exact) mass is 483 g/mol. The average molecular weight is 483 g/mol. The van der Waals surface area contributed by atoms with Crippen molar-refractivity contribution < 1.29 is 14.2 Å². The van der Waals surface area contributed by atoms with Crippen LogP contribution in [-0.2, 0) is 0 Å². The molecule has 3 N–H and O–H groups in total. The number of aliphatic hydroxyl groups is 1. The van der Waals surface area contributed by atoms with Gasteiger partial charge in [0.1, 0.15) is 24.3 Å². The summed E-state index contributed by atoms with van der Waals surface area (Å²) in [5.74, 6) is 3.26. The molecule has 5 nitrogen and oxygen atoms in total. The van der Waals surface area contributed by atoms with Crippen LogP contribution in [0.4, 0.5) is 4.39 Å². The largest absolute Gasteiger partial charge is 0.491 e. The lowest BCUT2D eigenvalue weighted by Crippen LogP contribution is -2.46. The molecule has 1 aromatic carbocycles. The zero-order chi connectivity index (χ0) is 17.2. The fraction of sp³-hybridized carbons (Fsp3) is 0.588. The second-order valence-corrected chi connectivity index (χ2v) is 6.85. The Morgan fingerprint density at radius 2 is 2.20 bits per heavy atom. The van der Waals surface area contributed by atoms with E-state index in [-0.39, 0.29) is 42.9 Å². The zero-order valence-corrected chi connectivity index (χ0v) is 17.6. The molecule has 8 heteroatoms. The summed E-state index contributed by atoms with van der Waals surface area (Å²) in [5, 5.41) is 16.6. The van der Waals surface area contributed by atoms with E-state index in [1.54, 1.807) is 0 Å². The van der Waals surface area contributed by atoms with E-state index in [2.05, 4.69) is 15.6 Å². The molecule has 1 saturated heterocycles. The number of hydrogen-bond acceptors (Lipinski definition) is 4. The summed E-state index contributed by atoms with van der Waals surface area (Å²) in [6, 6.07) is 6.16. The molecular weight excluding hydrogens is 456 g/mol. The molecule has 1 heterocycles. The van der Waals surface area contributed by atoms with Crippen molar-refractivity contribution in [3.63, 3.8) is 0 Å². The molecular formula is C17H27FIN3O2S. The van der Waals surface area contributed by atoms with Crippen LogP contribution >= 0.6 is 35.7 Å². The van der Waals surface area contributed by atoms with Crippen LogP contribution in [0, 0.1) is 5.82 Å². The molecule has 1 aromatic rings. The van der Waals surface area contributed by atoms with Gasteiger partial charge in [0.2, 0.25) is 0 Å². The molecule has 1 fully saturated rings. The predicted molar refractivity (Wildman–Crippen MR) is 113 cm³/mol. The molecule has 25 heavy (non-hydrogen) atoms. The molecule has 0 amide bonds. The van der Waals surface area contributed by atoms with Crippen LogP contribution < -0.4 is 15.4 Å². The van der Waals surface area contributed by atoms with Crippen molar-refractivity contribution in [2.45, 2.75) is 31.9 Å². The minimum Gasteiger partial charge on any atom is -0.491 e. The first kappa shape index (κ1) is 22.3. The summed E-state index contributed by atoms with van der Waals surface area (Å²) in [7, 11) is 0. The molecule has 0 spiro atoms. The summed E-state index contributed by atoms with van der Waals surface area (Å²) >= 11 is 1.95. The highest BCUT2D eigenvalue weighted by Crippen LogP contribution is 2.16. The van der Waals surface area contributed by atoms with Gasteiger partial charge >= 0.3 is 0 Å². The first-order chi connectivity index (χ1) is 11.7. The molecule has 2 unspecified atom stereocenters. The molecule has 142 valence electrons. The van der Waals surface area contributed by atoms with Gasteiger partial charge in [0.15, 0.2) is 5.96 Å². The Balaban J connectivity index is 0.00000312. The van der Waals surface area contributed by atoms with Gasteiger partial charge < -0.3 is 20.5 Å². The molecule has 0 aromatic heterocycles. The van der Waals surface area contributed by atoms with Gasteiger partial charge in [-0.15, -0.1) is 24.0 Å². The SMILES string of the molecule is CCNC(=NCC(O)COc1ccc(F)cc1)NC1CCCSC1.I. The molecule has 0 bridgehead atoms. The lowest BCUT2D eigenvalue weighted by atomic mass is 10.2. The number of hydrogen-bond donors (Lipinski definition) is 3. The topological polar surface area (TPSA) is 65.9 Å². The lowest BCUT2D eigenvalue weighted by molar-refractivity contribution is 0.114. The smallest absolute Gasteiger partial charge is 0.191 e. The minimum atomic E-state index is -0.716. The van der Waals surface area contributed by atoms with E-state index >= 15 is 0 Å². The summed E-state index contributed by atoms with van der Waals surface area (Å²) in [6.45, 7) is 3.15. The lowest BCUT2D eigenvalue weighted by Gasteiger charge is -2.24. The number of rotatable bonds is 7. The van der Waals surface area contributed by atoms with Crippen LogP contribution in [0.15, 0.2) is 29.3 Å². The van der Waals surface area contributed by atoms with Crippen LogP contribution in [0.2, 0.25) is 0 Å². The summed E-state index contributed by atoms with van der Waals surface area (Å²) in [5.41, 5.74) is 0. The van der Waals surface area contributed by atoms with E-state index in [0.29, 0.717) is 11.8 Å². The van der Waals surface area contributed by atoms with Gasteiger partial charge in [0.25, 0.3) is 0 Å². The number of nitrogens with one attached hydrogen (secondary N) is 2. The van der Waals surface area contributed by atoms with Crippen molar-refractivity contribution in [3.05, 3.63) is 30.1 Å². The maximum Gasteiger partial charge on any atom is 0.191 e. The van der Waals surface area contributed by atoms with E-state index in [1.165, 1.54) is 36.4 Å². The first-order valence-corrected chi connectivity index (χ1v) is 9.52. The number of halogens is 2. The van der Waals surface area contributed by atoms with Crippen molar-refractivity contribution in [3.8, 4) is 5.75 Å². The standard InChI is InChI=1S/C17H26FN3O2S.HI/c1-2-19-17(21-14-4-3-9-24-12-14)20-10-15(22)11-23-16-7-5-13(18)6-8-16;/h5-8,14-15,22H,2-4,9-12H2,1H3,(H2,19,20,21);1H. The maximum atomic E-state index is 12.8. The number of nitrogens with zero attached hydrogens (tertiary/aromatic N) is 1. The zero-order valence-electron chi connectivity index (χ0n) is 14.4. The molecule has 2 atom stereocenters. The van der Waals surface area contributed by atoms with Crippen LogP contribution in [0.5, 0.6) is 5.75 Å². The third-order valence-electron chi connectivity index (χ3n) is 3.56. The van der Waals surface area contributed by atoms with Gasteiger partial charge in [-0.3, -0.25) is 4.99 Å². The number of guanidine groups is 1. The minimum absolute atomic E-state index is 0. The molecule has 2 rings (SSSR count). The van der Waals surface area contributed by atoms with E-state index in [4.69, 9.17) is 4.74 Å². The number of aliphatic hydroxyl groups excluding tert-OH is 1. The fourth-order valence-corrected chi connectivity index (χ4v) is 3.41. The maximum absolute atomic E-state index is 12.8. The molecule has 1 aliphatic rings. The third kappa shape index (κ3) is 8.96. The van der Waals surface area contributed by atoms with Crippen LogP contribution in [-0.4, -0.2) is 54.4 Å². The van der Waals surface area contributed by atoms with Crippen LogP contribution in [0.25, 0.3) is 0 Å². The number of thioether (sulfide) groups is 1. The van der Waals surface area contributed by atoms with Gasteiger partial charge in [0, 0.05) is 18.3 Å². The summed E-state index contributed by atoms with van der Waals surface area (Å²) in [4.78, 5) is 4.43. The summed E-state index contributed by atoms with van der Waals surface area (Å²) in [6.07, 6.45) is 1.65. The second-order valence-electron chi connectivity index (χ2n) is 5.70. The number of aliphatic imine (C=N–C) groups is 1. The van der Waals surface area contributed by atoms with Crippen molar-refractivity contribution in [2.75, 3.05) is 31.2 Å². The van der Waals surface area contributed by atoms with E-state index in [9.17, 15) is 9.50 Å². The van der Waals surface area contributed by atoms with E-state index < -0.39 is 6.10 Å². The van der Waals surface area contributed by atoms with E-state index in [0.717, 1.165) is 24.7 Å². The van der Waals surface area contributed by atoms with Crippen molar-refractivity contribution >= 4 is 41.7 Å². The first-order valence-electron chi connectivity index (χ1n) is 8.36.